The van der Waals surface area contributed by atoms with Crippen LogP contribution < -0.4 is 11.1 Å². The minimum atomic E-state index is 0.302. The maximum atomic E-state index is 5.74. The number of ether oxygens (including phenoxy) is 1. The zero-order valence-corrected chi connectivity index (χ0v) is 10.5. The van der Waals surface area contributed by atoms with Gasteiger partial charge in [0.15, 0.2) is 5.96 Å². The third kappa shape index (κ3) is 4.23. The molecule has 4 nitrogen and oxygen atoms in total. The molecule has 3 atom stereocenters. The highest BCUT2D eigenvalue weighted by Crippen LogP contribution is 2.24. The molecule has 1 heterocycles. The molecule has 3 unspecified atom stereocenters. The van der Waals surface area contributed by atoms with E-state index in [-0.39, 0.29) is 0 Å². The minimum Gasteiger partial charge on any atom is -0.375 e. The van der Waals surface area contributed by atoms with Gasteiger partial charge in [0.05, 0.1) is 18.8 Å². The average Bonchev–Trinajstić information content (AvgIpc) is 2.51. The lowest BCUT2D eigenvalue weighted by molar-refractivity contribution is 0.0565. The topological polar surface area (TPSA) is 59.6 Å². The molecule has 3 N–H and O–H groups in total. The number of rotatable bonds is 4. The SMILES string of the molecule is C=C(C)CN=C(N)NCC1CC(C)OC1C. The molecular formula is C12H23N3O. The smallest absolute Gasteiger partial charge is 0.188 e. The monoisotopic (exact) mass is 225 g/mol. The van der Waals surface area contributed by atoms with Gasteiger partial charge in [-0.2, -0.15) is 0 Å². The van der Waals surface area contributed by atoms with E-state index in [1.54, 1.807) is 0 Å². The predicted molar refractivity (Wildman–Crippen MR) is 67.4 cm³/mol. The highest BCUT2D eigenvalue weighted by molar-refractivity contribution is 5.77. The van der Waals surface area contributed by atoms with Crippen LogP contribution in [-0.2, 0) is 4.74 Å². The summed E-state index contributed by atoms with van der Waals surface area (Å²) in [5.74, 6) is 1.02. The average molecular weight is 225 g/mol. The summed E-state index contributed by atoms with van der Waals surface area (Å²) in [6, 6.07) is 0. The van der Waals surface area contributed by atoms with Crippen molar-refractivity contribution in [3.05, 3.63) is 12.2 Å². The summed E-state index contributed by atoms with van der Waals surface area (Å²) in [7, 11) is 0. The largest absolute Gasteiger partial charge is 0.375 e. The van der Waals surface area contributed by atoms with Gasteiger partial charge in [0.25, 0.3) is 0 Å². The van der Waals surface area contributed by atoms with Gasteiger partial charge in [-0.15, -0.1) is 0 Å². The summed E-state index contributed by atoms with van der Waals surface area (Å²) in [5.41, 5.74) is 6.75. The van der Waals surface area contributed by atoms with Gasteiger partial charge in [0.1, 0.15) is 0 Å². The molecule has 0 amide bonds. The second kappa shape index (κ2) is 5.89. The Kier molecular flexibility index (Phi) is 4.80. The van der Waals surface area contributed by atoms with E-state index < -0.39 is 0 Å². The molecule has 0 radical (unpaired) electrons. The van der Waals surface area contributed by atoms with E-state index in [1.165, 1.54) is 0 Å². The molecule has 1 rings (SSSR count). The maximum Gasteiger partial charge on any atom is 0.188 e. The van der Waals surface area contributed by atoms with E-state index in [9.17, 15) is 0 Å². The Labute approximate surface area is 98.0 Å². The number of nitrogens with two attached hydrogens (primary N) is 1. The van der Waals surface area contributed by atoms with Gasteiger partial charge >= 0.3 is 0 Å². The van der Waals surface area contributed by atoms with Crippen molar-refractivity contribution in [2.75, 3.05) is 13.1 Å². The van der Waals surface area contributed by atoms with Crippen LogP contribution in [0.3, 0.4) is 0 Å². The fourth-order valence-electron chi connectivity index (χ4n) is 1.91. The highest BCUT2D eigenvalue weighted by atomic mass is 16.5. The van der Waals surface area contributed by atoms with E-state index in [2.05, 4.69) is 30.7 Å². The lowest BCUT2D eigenvalue weighted by Crippen LogP contribution is -2.37. The molecule has 1 fully saturated rings. The number of hydrogen-bond donors (Lipinski definition) is 2. The van der Waals surface area contributed by atoms with Crippen molar-refractivity contribution in [3.8, 4) is 0 Å². The van der Waals surface area contributed by atoms with Crippen LogP contribution in [0.15, 0.2) is 17.1 Å². The molecule has 0 bridgehead atoms. The molecule has 0 aromatic rings. The van der Waals surface area contributed by atoms with E-state index in [1.807, 2.05) is 6.92 Å². The fourth-order valence-corrected chi connectivity index (χ4v) is 1.91. The van der Waals surface area contributed by atoms with Gasteiger partial charge in [-0.05, 0) is 27.2 Å². The van der Waals surface area contributed by atoms with Gasteiger partial charge in [-0.25, -0.2) is 4.99 Å². The Bertz CT molecular complexity index is 275. The van der Waals surface area contributed by atoms with Crippen molar-refractivity contribution in [1.82, 2.24) is 5.32 Å². The Balaban J connectivity index is 2.29. The van der Waals surface area contributed by atoms with Gasteiger partial charge in [0.2, 0.25) is 0 Å². The van der Waals surface area contributed by atoms with Gasteiger partial charge in [-0.3, -0.25) is 0 Å². The van der Waals surface area contributed by atoms with E-state index in [0.29, 0.717) is 30.6 Å². The van der Waals surface area contributed by atoms with Crippen LogP contribution in [0.25, 0.3) is 0 Å². The highest BCUT2D eigenvalue weighted by Gasteiger charge is 2.29. The molecule has 0 aromatic carbocycles. The molecule has 16 heavy (non-hydrogen) atoms. The van der Waals surface area contributed by atoms with Crippen LogP contribution in [-0.4, -0.2) is 31.3 Å². The number of nitrogens with zero attached hydrogens (tertiary/aromatic N) is 1. The summed E-state index contributed by atoms with van der Waals surface area (Å²) in [5, 5.41) is 3.14. The quantitative estimate of drug-likeness (QED) is 0.430. The van der Waals surface area contributed by atoms with Crippen LogP contribution in [0.2, 0.25) is 0 Å². The summed E-state index contributed by atoms with van der Waals surface area (Å²) < 4.78 is 5.67. The third-order valence-electron chi connectivity index (χ3n) is 2.81. The first kappa shape index (κ1) is 13.0. The summed E-state index contributed by atoms with van der Waals surface area (Å²) in [6.45, 7) is 11.3. The Morgan fingerprint density at radius 1 is 1.56 bits per heavy atom. The second-order valence-electron chi connectivity index (χ2n) is 4.69. The number of aliphatic imine (C=N–C) groups is 1. The Hall–Kier alpha value is -1.03. The molecule has 4 heteroatoms. The van der Waals surface area contributed by atoms with Crippen LogP contribution in [0.5, 0.6) is 0 Å². The van der Waals surface area contributed by atoms with Crippen molar-refractivity contribution in [2.45, 2.75) is 39.4 Å². The second-order valence-corrected chi connectivity index (χ2v) is 4.69. The fraction of sp³-hybridized carbons (Fsp3) is 0.750. The first-order chi connectivity index (χ1) is 7.49. The molecule has 0 spiro atoms. The van der Waals surface area contributed by atoms with Gasteiger partial charge in [-0.1, -0.05) is 12.2 Å². The summed E-state index contributed by atoms with van der Waals surface area (Å²) in [6.07, 6.45) is 1.74. The molecule has 92 valence electrons. The lowest BCUT2D eigenvalue weighted by atomic mass is 10.0. The molecule has 1 aliphatic rings. The molecule has 1 saturated heterocycles. The van der Waals surface area contributed by atoms with Gasteiger partial charge < -0.3 is 15.8 Å². The van der Waals surface area contributed by atoms with Crippen molar-refractivity contribution in [1.29, 1.82) is 0 Å². The first-order valence-electron chi connectivity index (χ1n) is 5.82. The molecule has 0 saturated carbocycles. The van der Waals surface area contributed by atoms with Crippen LogP contribution in [0, 0.1) is 5.92 Å². The van der Waals surface area contributed by atoms with Crippen molar-refractivity contribution < 1.29 is 4.74 Å². The number of hydrogen-bond acceptors (Lipinski definition) is 2. The predicted octanol–water partition coefficient (Wildman–Crippen LogP) is 1.28. The standard InChI is InChI=1S/C12H23N3O/c1-8(2)6-14-12(13)15-7-11-5-9(3)16-10(11)4/h9-11H,1,5-7H2,2-4H3,(H3,13,14,15). The van der Waals surface area contributed by atoms with Crippen LogP contribution in [0.1, 0.15) is 27.2 Å². The molecule has 0 aromatic heterocycles. The van der Waals surface area contributed by atoms with Crippen molar-refractivity contribution >= 4 is 5.96 Å². The van der Waals surface area contributed by atoms with E-state index in [0.717, 1.165) is 18.5 Å². The summed E-state index contributed by atoms with van der Waals surface area (Å²) >= 11 is 0. The normalized spacial score (nSPS) is 30.4. The zero-order chi connectivity index (χ0) is 12.1. The first-order valence-corrected chi connectivity index (χ1v) is 5.82. The van der Waals surface area contributed by atoms with E-state index in [4.69, 9.17) is 10.5 Å². The Morgan fingerprint density at radius 3 is 2.75 bits per heavy atom. The molecule has 1 aliphatic heterocycles. The van der Waals surface area contributed by atoms with Gasteiger partial charge in [0, 0.05) is 12.5 Å². The Morgan fingerprint density at radius 2 is 2.25 bits per heavy atom. The third-order valence-corrected chi connectivity index (χ3v) is 2.81. The molecule has 0 aliphatic carbocycles. The number of guanidine groups is 1. The van der Waals surface area contributed by atoms with Crippen LogP contribution >= 0.6 is 0 Å². The van der Waals surface area contributed by atoms with Crippen LogP contribution in [0.4, 0.5) is 0 Å². The van der Waals surface area contributed by atoms with Crippen molar-refractivity contribution in [2.24, 2.45) is 16.6 Å². The number of nitrogens with one attached hydrogen (secondary N) is 1. The van der Waals surface area contributed by atoms with E-state index >= 15 is 0 Å². The lowest BCUT2D eigenvalue weighted by Gasteiger charge is -2.14. The summed E-state index contributed by atoms with van der Waals surface area (Å²) in [4.78, 5) is 4.17. The molecular weight excluding hydrogens is 202 g/mol. The minimum absolute atomic E-state index is 0.302. The van der Waals surface area contributed by atoms with Crippen molar-refractivity contribution in [3.63, 3.8) is 0 Å². The maximum absolute atomic E-state index is 5.74. The zero-order valence-electron chi connectivity index (χ0n) is 10.5.